The summed E-state index contributed by atoms with van der Waals surface area (Å²) in [5, 5.41) is 11.7. The van der Waals surface area contributed by atoms with Crippen molar-refractivity contribution < 1.29 is 4.43 Å². The summed E-state index contributed by atoms with van der Waals surface area (Å²) >= 11 is 11.1. The van der Waals surface area contributed by atoms with Gasteiger partial charge in [0.05, 0.1) is 4.43 Å². The summed E-state index contributed by atoms with van der Waals surface area (Å²) in [6, 6.07) is 6.43. The molecule has 0 saturated carbocycles. The second kappa shape index (κ2) is 3.72. The van der Waals surface area contributed by atoms with Gasteiger partial charge in [0.2, 0.25) is 0 Å². The zero-order chi connectivity index (χ0) is 11.0. The Morgan fingerprint density at radius 3 is 2.67 bits per heavy atom. The normalized spacial score (nSPS) is 11.1. The highest BCUT2D eigenvalue weighted by Crippen LogP contribution is 2.24. The van der Waals surface area contributed by atoms with Crippen molar-refractivity contribution >= 4 is 34.2 Å². The SMILES string of the molecule is O=[n+]1cc(C(Cl)Cl)n([O-])c2ccccc21. The molecule has 2 aromatic rings. The van der Waals surface area contributed by atoms with Gasteiger partial charge in [-0.2, -0.15) is 0 Å². The molecular weight excluding hydrogens is 239 g/mol. The molecule has 0 atom stereocenters. The van der Waals surface area contributed by atoms with E-state index < -0.39 is 4.84 Å². The first-order chi connectivity index (χ1) is 7.11. The van der Waals surface area contributed by atoms with E-state index in [2.05, 4.69) is 0 Å². The minimum Gasteiger partial charge on any atom is -0.805 e. The van der Waals surface area contributed by atoms with Crippen molar-refractivity contribution in [1.82, 2.24) is 4.73 Å². The molecule has 0 bridgehead atoms. The number of rotatable bonds is 1. The van der Waals surface area contributed by atoms with Crippen molar-refractivity contribution in [3.8, 4) is 0 Å². The maximum Gasteiger partial charge on any atom is 0.285 e. The van der Waals surface area contributed by atoms with Gasteiger partial charge in [0, 0.05) is 11.0 Å². The lowest BCUT2D eigenvalue weighted by Crippen LogP contribution is -2.20. The van der Waals surface area contributed by atoms with Crippen molar-refractivity contribution in [3.63, 3.8) is 0 Å². The molecule has 1 aromatic heterocycles. The fourth-order valence-corrected chi connectivity index (χ4v) is 1.64. The maximum absolute atomic E-state index is 11.7. The van der Waals surface area contributed by atoms with E-state index in [1.165, 1.54) is 6.07 Å². The van der Waals surface area contributed by atoms with Crippen LogP contribution < -0.4 is 4.43 Å². The minimum absolute atomic E-state index is 0.0204. The highest BCUT2D eigenvalue weighted by atomic mass is 35.5. The summed E-state index contributed by atoms with van der Waals surface area (Å²) < 4.78 is 1.14. The van der Waals surface area contributed by atoms with Crippen molar-refractivity contribution in [2.45, 2.75) is 4.84 Å². The summed E-state index contributed by atoms with van der Waals surface area (Å²) in [5.41, 5.74) is 0.550. The largest absolute Gasteiger partial charge is 0.805 e. The van der Waals surface area contributed by atoms with Gasteiger partial charge in [0.1, 0.15) is 11.2 Å². The molecule has 0 aliphatic carbocycles. The summed E-state index contributed by atoms with van der Waals surface area (Å²) in [7, 11) is 0. The number of benzene rings is 1. The van der Waals surface area contributed by atoms with Crippen molar-refractivity contribution in [2.75, 3.05) is 0 Å². The molecule has 0 aliphatic heterocycles. The Morgan fingerprint density at radius 2 is 2.00 bits per heavy atom. The van der Waals surface area contributed by atoms with Crippen LogP contribution in [0.3, 0.4) is 0 Å². The molecule has 0 amide bonds. The molecule has 78 valence electrons. The van der Waals surface area contributed by atoms with Gasteiger partial charge in [0.25, 0.3) is 11.7 Å². The highest BCUT2D eigenvalue weighted by molar-refractivity contribution is 6.43. The number of alkyl halides is 2. The van der Waals surface area contributed by atoms with E-state index >= 15 is 0 Å². The molecule has 0 fully saturated rings. The van der Waals surface area contributed by atoms with E-state index in [4.69, 9.17) is 23.2 Å². The number of aromatic nitrogens is 2. The highest BCUT2D eigenvalue weighted by Gasteiger charge is 2.15. The van der Waals surface area contributed by atoms with Crippen LogP contribution in [0.2, 0.25) is 0 Å². The van der Waals surface area contributed by atoms with Crippen molar-refractivity contribution in [2.24, 2.45) is 0 Å². The summed E-state index contributed by atoms with van der Waals surface area (Å²) in [5.74, 6) is 0. The summed E-state index contributed by atoms with van der Waals surface area (Å²) in [4.78, 5) is 10.5. The third-order valence-electron chi connectivity index (χ3n) is 2.05. The third kappa shape index (κ3) is 1.66. The van der Waals surface area contributed by atoms with E-state index in [1.807, 2.05) is 0 Å². The molecule has 0 unspecified atom stereocenters. The van der Waals surface area contributed by atoms with E-state index in [0.717, 1.165) is 6.20 Å². The fraction of sp³-hybridized carbons (Fsp3) is 0.111. The van der Waals surface area contributed by atoms with E-state index in [0.29, 0.717) is 9.16 Å². The standard InChI is InChI=1S/C9H6Cl2N2O2/c10-9(11)8-5-12(14)6-3-1-2-4-7(6)13(8)15/h1-5,9H. The first-order valence-electron chi connectivity index (χ1n) is 4.14. The second-order valence-electron chi connectivity index (χ2n) is 2.96. The Bertz CT molecular complexity index is 566. The molecule has 1 aromatic carbocycles. The number of para-hydroxylation sites is 2. The Hall–Kier alpha value is -1.26. The Labute approximate surface area is 94.8 Å². The van der Waals surface area contributed by atoms with Gasteiger partial charge >= 0.3 is 0 Å². The van der Waals surface area contributed by atoms with Crippen LogP contribution in [0, 0.1) is 10.1 Å². The van der Waals surface area contributed by atoms with Crippen LogP contribution in [0.4, 0.5) is 0 Å². The molecule has 0 radical (unpaired) electrons. The lowest BCUT2D eigenvalue weighted by Gasteiger charge is -2.16. The smallest absolute Gasteiger partial charge is 0.285 e. The Kier molecular flexibility index (Phi) is 2.54. The third-order valence-corrected chi connectivity index (χ3v) is 2.49. The summed E-state index contributed by atoms with van der Waals surface area (Å²) in [6.07, 6.45) is 1.08. The van der Waals surface area contributed by atoms with Gasteiger partial charge in [0.15, 0.2) is 4.84 Å². The van der Waals surface area contributed by atoms with Gasteiger partial charge < -0.3 is 9.94 Å². The monoisotopic (exact) mass is 244 g/mol. The van der Waals surface area contributed by atoms with Crippen LogP contribution >= 0.6 is 23.2 Å². The van der Waals surface area contributed by atoms with Crippen LogP contribution in [0.25, 0.3) is 11.0 Å². The number of halogens is 2. The minimum atomic E-state index is -1.02. The fourth-order valence-electron chi connectivity index (χ4n) is 1.35. The summed E-state index contributed by atoms with van der Waals surface area (Å²) in [6.45, 7) is 0. The van der Waals surface area contributed by atoms with Gasteiger partial charge in [-0.3, -0.25) is 0 Å². The van der Waals surface area contributed by atoms with Crippen molar-refractivity contribution in [1.29, 1.82) is 0 Å². The zero-order valence-electron chi connectivity index (χ0n) is 7.43. The first kappa shape index (κ1) is 10.3. The first-order valence-corrected chi connectivity index (χ1v) is 5.01. The average Bonchev–Trinajstić information content (AvgIpc) is 2.23. The van der Waals surface area contributed by atoms with E-state index in [9.17, 15) is 10.1 Å². The molecule has 4 nitrogen and oxygen atoms in total. The van der Waals surface area contributed by atoms with Gasteiger partial charge in [-0.15, -0.1) is 0 Å². The van der Waals surface area contributed by atoms with E-state index in [1.54, 1.807) is 18.2 Å². The average molecular weight is 245 g/mol. The molecule has 2 rings (SSSR count). The van der Waals surface area contributed by atoms with E-state index in [-0.39, 0.29) is 16.7 Å². The number of nitrogens with zero attached hydrogens (tertiary/aromatic N) is 2. The predicted molar refractivity (Wildman–Crippen MR) is 58.5 cm³/mol. The lowest BCUT2D eigenvalue weighted by molar-refractivity contribution is -0.465. The topological polar surface area (TPSA) is 51.0 Å². The quantitative estimate of drug-likeness (QED) is 0.572. The molecule has 0 aliphatic rings. The number of hydrogen-bond acceptors (Lipinski definition) is 2. The number of hydrogen-bond donors (Lipinski definition) is 0. The van der Waals surface area contributed by atoms with Crippen LogP contribution in [-0.4, -0.2) is 4.73 Å². The van der Waals surface area contributed by atoms with Crippen LogP contribution in [0.1, 0.15) is 10.5 Å². The molecule has 6 heteroatoms. The Morgan fingerprint density at radius 1 is 1.33 bits per heavy atom. The molecule has 0 N–H and O–H groups in total. The second-order valence-corrected chi connectivity index (χ2v) is 4.06. The van der Waals surface area contributed by atoms with Crippen molar-refractivity contribution in [3.05, 3.63) is 46.3 Å². The van der Waals surface area contributed by atoms with Gasteiger partial charge in [-0.05, 0) is 6.07 Å². The molecule has 0 saturated heterocycles. The van der Waals surface area contributed by atoms with Crippen LogP contribution in [-0.2, 0) is 0 Å². The van der Waals surface area contributed by atoms with Gasteiger partial charge in [-0.25, -0.2) is 0 Å². The predicted octanol–water partition coefficient (Wildman–Crippen LogP) is 2.38. The number of fused-ring (bicyclic) bond motifs is 1. The zero-order valence-corrected chi connectivity index (χ0v) is 8.94. The molecule has 1 heterocycles. The van der Waals surface area contributed by atoms with Gasteiger partial charge in [-0.1, -0.05) is 35.3 Å². The lowest BCUT2D eigenvalue weighted by atomic mass is 10.3. The van der Waals surface area contributed by atoms with Crippen LogP contribution in [0.5, 0.6) is 0 Å². The molecule has 15 heavy (non-hydrogen) atoms. The molecule has 0 spiro atoms. The maximum atomic E-state index is 11.7. The Balaban J connectivity index is 2.91. The molecular formula is C9H6Cl2N2O2. The van der Waals surface area contributed by atoms with Crippen LogP contribution in [0.15, 0.2) is 30.5 Å².